The van der Waals surface area contributed by atoms with E-state index in [9.17, 15) is 36.0 Å². The van der Waals surface area contributed by atoms with Crippen molar-refractivity contribution in [3.63, 3.8) is 0 Å². The van der Waals surface area contributed by atoms with E-state index in [1.54, 1.807) is 25.7 Å². The topological polar surface area (TPSA) is 120 Å². The van der Waals surface area contributed by atoms with Crippen LogP contribution in [-0.2, 0) is 28.6 Å². The molecule has 14 heteroatoms. The number of Topliss-reactive ketones (excluding diaryl/α,β-unsaturated/α-hetero) is 1. The van der Waals surface area contributed by atoms with E-state index in [1.807, 2.05) is 27.7 Å². The van der Waals surface area contributed by atoms with E-state index in [-0.39, 0.29) is 48.6 Å². The smallest absolute Gasteiger partial charge is 0.444 e. The average Bonchev–Trinajstić information content (AvgIpc) is 2.68. The van der Waals surface area contributed by atoms with Gasteiger partial charge >= 0.3 is 27.8 Å². The highest BCUT2D eigenvalue weighted by Gasteiger charge is 2.49. The largest absolute Gasteiger partial charge is 0.534 e. The van der Waals surface area contributed by atoms with Gasteiger partial charge < -0.3 is 23.5 Å². The van der Waals surface area contributed by atoms with Crippen LogP contribution in [0.5, 0.6) is 0 Å². The van der Waals surface area contributed by atoms with Crippen LogP contribution in [0.15, 0.2) is 11.3 Å². The van der Waals surface area contributed by atoms with E-state index < -0.39 is 32.9 Å². The van der Waals surface area contributed by atoms with Crippen LogP contribution >= 0.6 is 0 Å². The van der Waals surface area contributed by atoms with Gasteiger partial charge in [-0.05, 0) is 54.0 Å². The van der Waals surface area contributed by atoms with Gasteiger partial charge in [-0.25, -0.2) is 9.59 Å². The molecule has 2 heterocycles. The van der Waals surface area contributed by atoms with E-state index in [0.29, 0.717) is 19.5 Å². The normalized spacial score (nSPS) is 19.6. The quantitative estimate of drug-likeness (QED) is 0.356. The van der Waals surface area contributed by atoms with Gasteiger partial charge in [-0.3, -0.25) is 4.79 Å². The van der Waals surface area contributed by atoms with Gasteiger partial charge in [-0.15, -0.1) is 0 Å². The van der Waals surface area contributed by atoms with Gasteiger partial charge in [0.2, 0.25) is 0 Å². The van der Waals surface area contributed by atoms with E-state index >= 15 is 0 Å². The predicted octanol–water partition coefficient (Wildman–Crippen LogP) is 4.60. The molecule has 2 amide bonds. The third-order valence-electron chi connectivity index (χ3n) is 4.98. The monoisotopic (exact) mass is 558 g/mol. The highest BCUT2D eigenvalue weighted by Crippen LogP contribution is 2.30. The maximum absolute atomic E-state index is 12.3. The lowest BCUT2D eigenvalue weighted by Crippen LogP contribution is -2.45. The Morgan fingerprint density at radius 2 is 1.35 bits per heavy atom. The Morgan fingerprint density at radius 1 is 0.892 bits per heavy atom. The fraction of sp³-hybridized carbons (Fsp3) is 0.783. The minimum Gasteiger partial charge on any atom is -0.444 e. The summed E-state index contributed by atoms with van der Waals surface area (Å²) in [5.41, 5.74) is -6.43. The minimum absolute atomic E-state index is 0.00889. The SMILES string of the molecule is CC1=C(OS(=O)(=O)C(F)(F)F)CCN(C(=O)OC(C)(C)C)C1.CC1CN(C(=O)OC(C)(C)C)CCC1=O. The summed E-state index contributed by atoms with van der Waals surface area (Å²) in [5, 5.41) is 0. The molecular formula is C23H37F3N2O8S. The molecule has 37 heavy (non-hydrogen) atoms. The Labute approximate surface area is 216 Å². The molecular weight excluding hydrogens is 521 g/mol. The van der Waals surface area contributed by atoms with Gasteiger partial charge in [-0.2, -0.15) is 21.6 Å². The number of alkyl halides is 3. The Kier molecular flexibility index (Phi) is 10.5. The molecule has 0 aromatic heterocycles. The zero-order valence-corrected chi connectivity index (χ0v) is 23.3. The first-order valence-corrected chi connectivity index (χ1v) is 13.1. The number of hydrogen-bond donors (Lipinski definition) is 0. The summed E-state index contributed by atoms with van der Waals surface area (Å²) in [5.74, 6) is -0.127. The van der Waals surface area contributed by atoms with Crippen molar-refractivity contribution >= 4 is 28.1 Å². The predicted molar refractivity (Wildman–Crippen MR) is 128 cm³/mol. The van der Waals surface area contributed by atoms with E-state index in [1.165, 1.54) is 11.8 Å². The third kappa shape index (κ3) is 10.8. The number of ether oxygens (including phenoxy) is 2. The number of halogens is 3. The van der Waals surface area contributed by atoms with Gasteiger partial charge in [0, 0.05) is 44.9 Å². The maximum Gasteiger partial charge on any atom is 0.534 e. The van der Waals surface area contributed by atoms with Crippen LogP contribution in [0.1, 0.15) is 68.2 Å². The molecule has 1 atom stereocenters. The molecule has 1 unspecified atom stereocenters. The molecule has 2 aliphatic heterocycles. The first-order chi connectivity index (χ1) is 16.5. The van der Waals surface area contributed by atoms with Crippen molar-refractivity contribution in [2.24, 2.45) is 5.92 Å². The number of hydrogen-bond acceptors (Lipinski definition) is 8. The molecule has 214 valence electrons. The Balaban J connectivity index is 0.000000397. The maximum atomic E-state index is 12.3. The van der Waals surface area contributed by atoms with Crippen LogP contribution in [0.2, 0.25) is 0 Å². The number of carbonyl (C=O) groups excluding carboxylic acids is 3. The molecule has 0 spiro atoms. The van der Waals surface area contributed by atoms with Gasteiger partial charge in [0.1, 0.15) is 22.7 Å². The summed E-state index contributed by atoms with van der Waals surface area (Å²) in [7, 11) is -5.69. The van der Waals surface area contributed by atoms with Crippen molar-refractivity contribution in [2.75, 3.05) is 26.2 Å². The number of nitrogens with zero attached hydrogens (tertiary/aromatic N) is 2. The summed E-state index contributed by atoms with van der Waals surface area (Å²) < 4.78 is 73.3. The molecule has 0 saturated carbocycles. The number of piperidine rings is 1. The van der Waals surface area contributed by atoms with Gasteiger partial charge in [0.05, 0.1) is 0 Å². The van der Waals surface area contributed by atoms with Crippen LogP contribution in [-0.4, -0.2) is 79.1 Å². The number of carbonyl (C=O) groups is 3. The van der Waals surface area contributed by atoms with Gasteiger partial charge in [0.25, 0.3) is 0 Å². The van der Waals surface area contributed by atoms with E-state index in [4.69, 9.17) is 9.47 Å². The van der Waals surface area contributed by atoms with Crippen LogP contribution in [0, 0.1) is 5.92 Å². The zero-order valence-electron chi connectivity index (χ0n) is 22.5. The molecule has 2 rings (SSSR count). The van der Waals surface area contributed by atoms with E-state index in [2.05, 4.69) is 4.18 Å². The Morgan fingerprint density at radius 3 is 1.76 bits per heavy atom. The first kappa shape index (κ1) is 32.5. The molecule has 0 radical (unpaired) electrons. The lowest BCUT2D eigenvalue weighted by atomic mass is 9.99. The van der Waals surface area contributed by atoms with Crippen LogP contribution < -0.4 is 0 Å². The molecule has 1 fully saturated rings. The average molecular weight is 559 g/mol. The second kappa shape index (κ2) is 11.9. The van der Waals surface area contributed by atoms with Crippen molar-refractivity contribution in [1.82, 2.24) is 9.80 Å². The lowest BCUT2D eigenvalue weighted by Gasteiger charge is -2.32. The summed E-state index contributed by atoms with van der Waals surface area (Å²) in [6.45, 7) is 14.7. The lowest BCUT2D eigenvalue weighted by molar-refractivity contribution is -0.125. The minimum atomic E-state index is -5.69. The van der Waals surface area contributed by atoms with Crippen LogP contribution in [0.25, 0.3) is 0 Å². The molecule has 2 aliphatic rings. The number of ketones is 1. The molecule has 0 aromatic rings. The molecule has 0 N–H and O–H groups in total. The summed E-state index contributed by atoms with van der Waals surface area (Å²) in [6.07, 6.45) is -0.632. The van der Waals surface area contributed by atoms with Gasteiger partial charge in [-0.1, -0.05) is 6.92 Å². The Bertz CT molecular complexity index is 995. The van der Waals surface area contributed by atoms with Crippen molar-refractivity contribution in [1.29, 1.82) is 0 Å². The highest BCUT2D eigenvalue weighted by molar-refractivity contribution is 7.87. The summed E-state index contributed by atoms with van der Waals surface area (Å²) in [6, 6.07) is 0. The summed E-state index contributed by atoms with van der Waals surface area (Å²) >= 11 is 0. The van der Waals surface area contributed by atoms with E-state index in [0.717, 1.165) is 0 Å². The number of amides is 2. The first-order valence-electron chi connectivity index (χ1n) is 11.7. The second-order valence-corrected chi connectivity index (χ2v) is 12.4. The number of rotatable bonds is 2. The molecule has 1 saturated heterocycles. The third-order valence-corrected chi connectivity index (χ3v) is 5.97. The molecule has 0 bridgehead atoms. The molecule has 0 aromatic carbocycles. The highest BCUT2D eigenvalue weighted by atomic mass is 32.2. The second-order valence-electron chi connectivity index (χ2n) is 10.9. The van der Waals surface area contributed by atoms with Crippen molar-refractivity contribution in [2.45, 2.75) is 84.9 Å². The van der Waals surface area contributed by atoms with Crippen molar-refractivity contribution in [3.05, 3.63) is 11.3 Å². The van der Waals surface area contributed by atoms with Crippen LogP contribution in [0.3, 0.4) is 0 Å². The molecule has 10 nitrogen and oxygen atoms in total. The standard InChI is InChI=1S/C12H18F3NO5S.C11H19NO3/c1-8-7-16(10(17)20-11(2,3)4)6-5-9(8)21-22(18,19)12(13,14)15;1-8-7-12(6-5-9(8)13)10(14)15-11(2,3)4/h5-7H2,1-4H3;8H,5-7H2,1-4H3. The summed E-state index contributed by atoms with van der Waals surface area (Å²) in [4.78, 5) is 37.7. The van der Waals surface area contributed by atoms with Crippen molar-refractivity contribution < 1.29 is 49.6 Å². The van der Waals surface area contributed by atoms with Gasteiger partial charge in [0.15, 0.2) is 0 Å². The fourth-order valence-corrected chi connectivity index (χ4v) is 3.77. The molecule has 0 aliphatic carbocycles. The Hall–Kier alpha value is -2.51. The fourth-order valence-electron chi connectivity index (χ4n) is 3.19. The zero-order chi connectivity index (χ0) is 29.0. The number of likely N-dealkylation sites (tertiary alicyclic amines) is 1. The van der Waals surface area contributed by atoms with Crippen LogP contribution in [0.4, 0.5) is 22.8 Å². The van der Waals surface area contributed by atoms with Crippen molar-refractivity contribution in [3.8, 4) is 0 Å².